The van der Waals surface area contributed by atoms with Crippen molar-refractivity contribution in [3.8, 4) is 0 Å². The van der Waals surface area contributed by atoms with Crippen LogP contribution in [0, 0.1) is 0 Å². The van der Waals surface area contributed by atoms with Crippen LogP contribution in [0.25, 0.3) is 0 Å². The van der Waals surface area contributed by atoms with E-state index in [1.807, 2.05) is 55.4 Å². The van der Waals surface area contributed by atoms with Crippen LogP contribution < -0.4 is 0 Å². The molecule has 0 aromatic heterocycles. The molecule has 2 fully saturated rings. The van der Waals surface area contributed by atoms with Gasteiger partial charge in [0.1, 0.15) is 33.8 Å². The monoisotopic (exact) mass is 380 g/mol. The smallest absolute Gasteiger partial charge is 0.135 e. The molecule has 2 N–H and O–H groups in total. The lowest BCUT2D eigenvalue weighted by molar-refractivity contribution is -0.0281. The molecule has 0 saturated carbocycles. The normalized spacial score (nSPS) is 31.4. The van der Waals surface area contributed by atoms with Crippen LogP contribution in [0.3, 0.4) is 0 Å². The van der Waals surface area contributed by atoms with Crippen LogP contribution in [-0.2, 0) is 9.47 Å². The molecule has 8 nitrogen and oxygen atoms in total. The zero-order chi connectivity index (χ0) is 20.7. The largest absolute Gasteiger partial charge is 0.410 e. The molecule has 0 aromatic rings. The Bertz CT molecular complexity index is 655. The number of hydrogen-bond donors (Lipinski definition) is 2. The number of hydrogen-bond acceptors (Lipinski definition) is 8. The van der Waals surface area contributed by atoms with Crippen LogP contribution in [-0.4, -0.2) is 68.8 Å². The second kappa shape index (κ2) is 6.98. The Morgan fingerprint density at radius 2 is 0.889 bits per heavy atom. The fraction of sp³-hybridized carbons (Fsp3) is 0.789. The maximum atomic E-state index is 9.37. The molecule has 2 heterocycles. The van der Waals surface area contributed by atoms with Crippen molar-refractivity contribution in [3.63, 3.8) is 0 Å². The molecular weight excluding hydrogens is 348 g/mol. The zero-order valence-electron chi connectivity index (χ0n) is 17.6. The van der Waals surface area contributed by atoms with Crippen LogP contribution in [0.4, 0.5) is 0 Å². The summed E-state index contributed by atoms with van der Waals surface area (Å²) in [5, 5.41) is 25.6. The van der Waals surface area contributed by atoms with E-state index in [-0.39, 0.29) is 0 Å². The van der Waals surface area contributed by atoms with Crippen molar-refractivity contribution < 1.29 is 19.9 Å². The minimum atomic E-state index is -0.680. The highest BCUT2D eigenvalue weighted by Gasteiger charge is 2.50. The molecule has 2 saturated heterocycles. The van der Waals surface area contributed by atoms with Crippen LogP contribution in [0.1, 0.15) is 61.8 Å². The highest BCUT2D eigenvalue weighted by molar-refractivity contribution is 6.49. The fourth-order valence-electron chi connectivity index (χ4n) is 3.93. The first-order chi connectivity index (χ1) is 12.3. The zero-order valence-corrected chi connectivity index (χ0v) is 17.6. The highest BCUT2D eigenvalue weighted by Crippen LogP contribution is 2.34. The van der Waals surface area contributed by atoms with Gasteiger partial charge >= 0.3 is 0 Å². The van der Waals surface area contributed by atoms with Gasteiger partial charge in [-0.15, -0.1) is 0 Å². The third-order valence-corrected chi connectivity index (χ3v) is 4.81. The second-order valence-electron chi connectivity index (χ2n) is 8.96. The van der Waals surface area contributed by atoms with Gasteiger partial charge < -0.3 is 19.9 Å². The van der Waals surface area contributed by atoms with Crippen molar-refractivity contribution in [2.24, 2.45) is 20.3 Å². The van der Waals surface area contributed by atoms with E-state index in [9.17, 15) is 10.4 Å². The summed E-state index contributed by atoms with van der Waals surface area (Å²) in [6, 6.07) is 0. The van der Waals surface area contributed by atoms with Crippen LogP contribution in [0.2, 0.25) is 0 Å². The molecule has 0 aromatic carbocycles. The maximum Gasteiger partial charge on any atom is 0.135 e. The lowest BCUT2D eigenvalue weighted by Crippen LogP contribution is -2.32. The summed E-state index contributed by atoms with van der Waals surface area (Å²) in [5.41, 5.74) is -0.350. The van der Waals surface area contributed by atoms with Gasteiger partial charge in [0.25, 0.3) is 0 Å². The van der Waals surface area contributed by atoms with Gasteiger partial charge in [0.2, 0.25) is 0 Å². The van der Waals surface area contributed by atoms with Gasteiger partial charge in [-0.25, -0.2) is 0 Å². The van der Waals surface area contributed by atoms with Gasteiger partial charge in [-0.2, -0.15) is 0 Å². The Morgan fingerprint density at radius 3 is 1.19 bits per heavy atom. The molecule has 0 bridgehead atoms. The van der Waals surface area contributed by atoms with Gasteiger partial charge in [0.05, 0.1) is 11.4 Å². The predicted molar refractivity (Wildman–Crippen MR) is 106 cm³/mol. The van der Waals surface area contributed by atoms with Crippen LogP contribution in [0.5, 0.6) is 0 Å². The second-order valence-corrected chi connectivity index (χ2v) is 8.96. The summed E-state index contributed by atoms with van der Waals surface area (Å²) < 4.78 is 11.9. The number of oxime groups is 2. The van der Waals surface area contributed by atoms with Gasteiger partial charge in [0.15, 0.2) is 0 Å². The lowest BCUT2D eigenvalue weighted by Gasteiger charge is -2.22. The van der Waals surface area contributed by atoms with Gasteiger partial charge in [-0.05, 0) is 61.8 Å². The molecule has 2 rings (SSSR count). The Balaban J connectivity index is 2.09. The summed E-state index contributed by atoms with van der Waals surface area (Å²) in [4.78, 5) is 9.23. The van der Waals surface area contributed by atoms with E-state index in [2.05, 4.69) is 20.3 Å². The summed E-state index contributed by atoms with van der Waals surface area (Å²) in [6.45, 7) is 16.1. The Morgan fingerprint density at radius 1 is 0.593 bits per heavy atom. The number of nitrogens with zero attached hydrogens (tertiary/aromatic N) is 4. The van der Waals surface area contributed by atoms with E-state index in [0.717, 1.165) is 0 Å². The van der Waals surface area contributed by atoms with Gasteiger partial charge in [0, 0.05) is 13.1 Å². The summed E-state index contributed by atoms with van der Waals surface area (Å²) in [7, 11) is 0. The number of rotatable bonds is 4. The fourth-order valence-corrected chi connectivity index (χ4v) is 3.93. The first kappa shape index (κ1) is 21.5. The topological polar surface area (TPSA) is 108 Å². The van der Waals surface area contributed by atoms with Crippen molar-refractivity contribution in [2.45, 2.75) is 84.2 Å². The summed E-state index contributed by atoms with van der Waals surface area (Å²) in [6.07, 6.45) is 0.692. The van der Waals surface area contributed by atoms with E-state index in [4.69, 9.17) is 9.47 Å². The Kier molecular flexibility index (Phi) is 5.56. The Labute approximate surface area is 161 Å². The average Bonchev–Trinajstić information content (AvgIpc) is 2.78. The molecular formula is C19H32N4O4. The molecule has 8 heteroatoms. The molecule has 0 aliphatic carbocycles. The molecule has 152 valence electrons. The SMILES string of the molecule is CC1(C)OC(C)(C)/C(=N\O)C1=NCCCN=C1/C(=N\O)C(C)(C)OC1(C)C. The van der Waals surface area contributed by atoms with Crippen LogP contribution >= 0.6 is 0 Å². The van der Waals surface area contributed by atoms with E-state index in [0.29, 0.717) is 42.4 Å². The Hall–Kier alpha value is -1.80. The first-order valence-electron chi connectivity index (χ1n) is 9.24. The molecule has 0 atom stereocenters. The van der Waals surface area contributed by atoms with Crippen molar-refractivity contribution in [1.29, 1.82) is 0 Å². The predicted octanol–water partition coefficient (Wildman–Crippen LogP) is 3.09. The summed E-state index contributed by atoms with van der Waals surface area (Å²) >= 11 is 0. The molecule has 0 amide bonds. The summed E-state index contributed by atoms with van der Waals surface area (Å²) in [5.74, 6) is 0. The van der Waals surface area contributed by atoms with E-state index < -0.39 is 22.4 Å². The average molecular weight is 380 g/mol. The standard InChI is InChI=1S/C19H32N4O4/c1-16(2)12(14(22-24)18(5,6)26-16)20-10-9-11-21-13-15(23-25)19(7,8)27-17(13,3)4/h24-25H,9-11H2,1-8H3/b20-12?,21-13?,22-14-,23-15+. The van der Waals surface area contributed by atoms with E-state index in [1.165, 1.54) is 0 Å². The first-order valence-corrected chi connectivity index (χ1v) is 9.24. The van der Waals surface area contributed by atoms with E-state index in [1.54, 1.807) is 0 Å². The number of ether oxygens (including phenoxy) is 2. The van der Waals surface area contributed by atoms with Crippen molar-refractivity contribution >= 4 is 22.8 Å². The third kappa shape index (κ3) is 4.06. The molecule has 2 aliphatic heterocycles. The molecule has 0 spiro atoms. The molecule has 2 aliphatic rings. The lowest BCUT2D eigenvalue weighted by atomic mass is 9.95. The maximum absolute atomic E-state index is 9.37. The highest BCUT2D eigenvalue weighted by atomic mass is 16.5. The van der Waals surface area contributed by atoms with E-state index >= 15 is 0 Å². The minimum absolute atomic E-state index is 0.459. The molecule has 27 heavy (non-hydrogen) atoms. The minimum Gasteiger partial charge on any atom is -0.410 e. The van der Waals surface area contributed by atoms with Crippen molar-refractivity contribution in [3.05, 3.63) is 0 Å². The van der Waals surface area contributed by atoms with Gasteiger partial charge in [-0.3, -0.25) is 9.98 Å². The quantitative estimate of drug-likeness (QED) is 0.444. The van der Waals surface area contributed by atoms with Crippen molar-refractivity contribution in [2.75, 3.05) is 13.1 Å². The van der Waals surface area contributed by atoms with Crippen molar-refractivity contribution in [1.82, 2.24) is 0 Å². The molecule has 0 radical (unpaired) electrons. The van der Waals surface area contributed by atoms with Gasteiger partial charge in [-0.1, -0.05) is 10.3 Å². The number of aliphatic imine (C=N–C) groups is 2. The van der Waals surface area contributed by atoms with Crippen LogP contribution in [0.15, 0.2) is 20.3 Å². The third-order valence-electron chi connectivity index (χ3n) is 4.81. The molecule has 0 unspecified atom stereocenters.